The molecule has 1 aromatic carbocycles. The van der Waals surface area contributed by atoms with Crippen molar-refractivity contribution in [3.8, 4) is 5.75 Å². The Morgan fingerprint density at radius 3 is 1.71 bits per heavy atom. The summed E-state index contributed by atoms with van der Waals surface area (Å²) in [5.41, 5.74) is -3.71. The fraction of sp³-hybridized carbons (Fsp3) is 0.200. The molecule has 0 bridgehead atoms. The van der Waals surface area contributed by atoms with Gasteiger partial charge < -0.3 is 14.9 Å². The maximum atomic E-state index is 13.6. The molecule has 116 valence electrons. The Labute approximate surface area is 111 Å². The van der Waals surface area contributed by atoms with Gasteiger partial charge in [0.25, 0.3) is 0 Å². The van der Waals surface area contributed by atoms with Crippen molar-refractivity contribution in [2.24, 2.45) is 0 Å². The summed E-state index contributed by atoms with van der Waals surface area (Å²) in [7, 11) is 0. The highest BCUT2D eigenvalue weighted by Gasteiger charge is 2.35. The highest BCUT2D eigenvalue weighted by molar-refractivity contribution is 6.02. The molecule has 0 spiro atoms. The molecular formula is C10H4F6O5. The lowest BCUT2D eigenvalue weighted by molar-refractivity contribution is -0.154. The van der Waals surface area contributed by atoms with E-state index in [-0.39, 0.29) is 0 Å². The highest BCUT2D eigenvalue weighted by atomic mass is 19.4. The number of benzene rings is 1. The Kier molecular flexibility index (Phi) is 4.35. The van der Waals surface area contributed by atoms with Crippen LogP contribution in [-0.4, -0.2) is 34.9 Å². The van der Waals surface area contributed by atoms with Crippen LogP contribution in [0.15, 0.2) is 0 Å². The maximum Gasteiger partial charge on any atom is 0.422 e. The third kappa shape index (κ3) is 3.35. The van der Waals surface area contributed by atoms with Crippen LogP contribution in [-0.2, 0) is 0 Å². The first-order chi connectivity index (χ1) is 9.47. The SMILES string of the molecule is O=C(O)c1c(F)c(F)c(OCC(F)(F)F)c(F)c1C(=O)O. The summed E-state index contributed by atoms with van der Waals surface area (Å²) in [6.45, 7) is -2.23. The Balaban J connectivity index is 3.54. The van der Waals surface area contributed by atoms with Crippen molar-refractivity contribution in [2.45, 2.75) is 6.18 Å². The summed E-state index contributed by atoms with van der Waals surface area (Å²) in [5, 5.41) is 17.1. The van der Waals surface area contributed by atoms with Gasteiger partial charge in [-0.05, 0) is 0 Å². The van der Waals surface area contributed by atoms with Gasteiger partial charge in [0.2, 0.25) is 5.82 Å². The molecule has 1 rings (SSSR count). The first kappa shape index (κ1) is 16.6. The molecule has 0 aliphatic rings. The van der Waals surface area contributed by atoms with E-state index in [1.165, 1.54) is 0 Å². The number of halogens is 6. The lowest BCUT2D eigenvalue weighted by Gasteiger charge is -2.14. The van der Waals surface area contributed by atoms with Gasteiger partial charge in [-0.15, -0.1) is 0 Å². The second-order valence-corrected chi connectivity index (χ2v) is 3.54. The minimum absolute atomic E-state index is 1.85. The third-order valence-electron chi connectivity index (χ3n) is 2.09. The number of carboxylic acids is 2. The molecule has 5 nitrogen and oxygen atoms in total. The lowest BCUT2D eigenvalue weighted by atomic mass is 10.0. The van der Waals surface area contributed by atoms with E-state index in [0.717, 1.165) is 0 Å². The zero-order chi connectivity index (χ0) is 16.5. The van der Waals surface area contributed by atoms with E-state index in [1.54, 1.807) is 0 Å². The van der Waals surface area contributed by atoms with Crippen molar-refractivity contribution in [2.75, 3.05) is 6.61 Å². The van der Waals surface area contributed by atoms with Crippen LogP contribution in [0.1, 0.15) is 20.7 Å². The van der Waals surface area contributed by atoms with Crippen LogP contribution in [0.3, 0.4) is 0 Å². The molecule has 0 aliphatic carbocycles. The molecule has 0 saturated carbocycles. The van der Waals surface area contributed by atoms with Gasteiger partial charge in [-0.1, -0.05) is 0 Å². The van der Waals surface area contributed by atoms with Gasteiger partial charge in [0.1, 0.15) is 11.1 Å². The second-order valence-electron chi connectivity index (χ2n) is 3.54. The van der Waals surface area contributed by atoms with Crippen molar-refractivity contribution >= 4 is 11.9 Å². The molecule has 0 amide bonds. The fourth-order valence-electron chi connectivity index (χ4n) is 1.32. The Morgan fingerprint density at radius 1 is 0.905 bits per heavy atom. The molecule has 0 fully saturated rings. The minimum Gasteiger partial charge on any atom is -0.478 e. The monoisotopic (exact) mass is 318 g/mol. The van der Waals surface area contributed by atoms with Gasteiger partial charge >= 0.3 is 18.1 Å². The zero-order valence-electron chi connectivity index (χ0n) is 9.59. The average molecular weight is 318 g/mol. The largest absolute Gasteiger partial charge is 0.478 e. The first-order valence-electron chi connectivity index (χ1n) is 4.84. The zero-order valence-corrected chi connectivity index (χ0v) is 9.59. The number of carboxylic acid groups (broad SMARTS) is 2. The molecule has 0 aromatic heterocycles. The summed E-state index contributed by atoms with van der Waals surface area (Å²) >= 11 is 0. The molecule has 11 heteroatoms. The van der Waals surface area contributed by atoms with Crippen LogP contribution in [0.2, 0.25) is 0 Å². The Bertz CT molecular complexity index is 609. The van der Waals surface area contributed by atoms with Gasteiger partial charge in [-0.2, -0.15) is 17.6 Å². The highest BCUT2D eigenvalue weighted by Crippen LogP contribution is 2.32. The molecule has 2 N–H and O–H groups in total. The molecule has 0 unspecified atom stereocenters. The molecule has 0 radical (unpaired) electrons. The molecule has 0 heterocycles. The van der Waals surface area contributed by atoms with Crippen molar-refractivity contribution in [3.05, 3.63) is 28.6 Å². The summed E-state index contributed by atoms with van der Waals surface area (Å²) in [6.07, 6.45) is -5.04. The van der Waals surface area contributed by atoms with Crippen LogP contribution in [0.5, 0.6) is 5.75 Å². The van der Waals surface area contributed by atoms with Crippen molar-refractivity contribution in [1.29, 1.82) is 0 Å². The van der Waals surface area contributed by atoms with Crippen LogP contribution >= 0.6 is 0 Å². The van der Waals surface area contributed by atoms with E-state index >= 15 is 0 Å². The number of carbonyl (C=O) groups is 2. The summed E-state index contributed by atoms with van der Waals surface area (Å²) < 4.78 is 79.7. The quantitative estimate of drug-likeness (QED) is 0.658. The van der Waals surface area contributed by atoms with Crippen LogP contribution in [0.4, 0.5) is 26.3 Å². The molecule has 21 heavy (non-hydrogen) atoms. The number of hydrogen-bond donors (Lipinski definition) is 2. The first-order valence-corrected chi connectivity index (χ1v) is 4.84. The van der Waals surface area contributed by atoms with E-state index in [4.69, 9.17) is 10.2 Å². The topological polar surface area (TPSA) is 83.8 Å². The predicted molar refractivity (Wildman–Crippen MR) is 51.8 cm³/mol. The van der Waals surface area contributed by atoms with E-state index in [2.05, 4.69) is 4.74 Å². The van der Waals surface area contributed by atoms with Crippen molar-refractivity contribution in [3.63, 3.8) is 0 Å². The van der Waals surface area contributed by atoms with Crippen LogP contribution < -0.4 is 4.74 Å². The second kappa shape index (κ2) is 5.50. The predicted octanol–water partition coefficient (Wildman–Crippen LogP) is 2.44. The van der Waals surface area contributed by atoms with E-state index < -0.39 is 59.0 Å². The van der Waals surface area contributed by atoms with Gasteiger partial charge in [0.15, 0.2) is 24.0 Å². The minimum atomic E-state index is -5.04. The number of alkyl halides is 3. The van der Waals surface area contributed by atoms with Crippen molar-refractivity contribution < 1.29 is 50.9 Å². The molecule has 0 aliphatic heterocycles. The summed E-state index contributed by atoms with van der Waals surface area (Å²) in [5.74, 6) is -13.6. The summed E-state index contributed by atoms with van der Waals surface area (Å²) in [4.78, 5) is 21.3. The molecule has 0 saturated heterocycles. The van der Waals surface area contributed by atoms with Gasteiger partial charge in [0, 0.05) is 0 Å². The van der Waals surface area contributed by atoms with E-state index in [1.807, 2.05) is 0 Å². The van der Waals surface area contributed by atoms with E-state index in [0.29, 0.717) is 0 Å². The third-order valence-corrected chi connectivity index (χ3v) is 2.09. The van der Waals surface area contributed by atoms with Gasteiger partial charge in [-0.3, -0.25) is 0 Å². The fourth-order valence-corrected chi connectivity index (χ4v) is 1.32. The summed E-state index contributed by atoms with van der Waals surface area (Å²) in [6, 6.07) is 0. The average Bonchev–Trinajstić information content (AvgIpc) is 2.30. The lowest BCUT2D eigenvalue weighted by Crippen LogP contribution is -2.22. The smallest absolute Gasteiger partial charge is 0.422 e. The number of ether oxygens (including phenoxy) is 1. The molecule has 1 aromatic rings. The van der Waals surface area contributed by atoms with Crippen molar-refractivity contribution in [1.82, 2.24) is 0 Å². The molecular weight excluding hydrogens is 314 g/mol. The standard InChI is InChI=1S/C10H4F6O5/c11-4-2(8(17)18)3(9(19)20)5(12)7(6(4)13)21-1-10(14,15)16/h1H2,(H,17,18)(H,19,20). The Hall–Kier alpha value is -2.46. The maximum absolute atomic E-state index is 13.6. The number of aromatic carboxylic acids is 2. The van der Waals surface area contributed by atoms with Gasteiger partial charge in [-0.25, -0.2) is 18.4 Å². The normalized spacial score (nSPS) is 11.3. The van der Waals surface area contributed by atoms with Crippen LogP contribution in [0, 0.1) is 17.5 Å². The molecule has 0 atom stereocenters. The number of hydrogen-bond acceptors (Lipinski definition) is 3. The van der Waals surface area contributed by atoms with Gasteiger partial charge in [0.05, 0.1) is 0 Å². The van der Waals surface area contributed by atoms with Crippen LogP contribution in [0.25, 0.3) is 0 Å². The Morgan fingerprint density at radius 2 is 1.33 bits per heavy atom. The number of rotatable bonds is 4. The van der Waals surface area contributed by atoms with E-state index in [9.17, 15) is 35.9 Å².